The second-order valence-electron chi connectivity index (χ2n) is 18.8. The number of pyridine rings is 1. The Balaban J connectivity index is 1.14. The van der Waals surface area contributed by atoms with Crippen LogP contribution in [0.1, 0.15) is 84.9 Å². The fraction of sp³-hybridized carbons (Fsp3) is 0.512. The predicted octanol–water partition coefficient (Wildman–Crippen LogP) is 9.34. The Morgan fingerprint density at radius 3 is 2.36 bits per heavy atom. The predicted molar refractivity (Wildman–Crippen MR) is 226 cm³/mol. The Kier molecular flexibility index (Phi) is 11.0. The molecule has 308 valence electrons. The van der Waals surface area contributed by atoms with Gasteiger partial charge < -0.3 is 24.1 Å². The molecular formula is C43H57N9O5Si. The molecule has 1 aromatic carbocycles. The highest BCUT2D eigenvalue weighted by Gasteiger charge is 2.56. The first-order valence-electron chi connectivity index (χ1n) is 20.3. The maximum atomic E-state index is 12.9. The smallest absolute Gasteiger partial charge is 0.410 e. The van der Waals surface area contributed by atoms with Crippen LogP contribution in [0.2, 0.25) is 25.7 Å². The molecule has 2 saturated heterocycles. The molecule has 7 rings (SSSR count). The number of imidazole rings is 2. The van der Waals surface area contributed by atoms with Gasteiger partial charge in [-0.15, -0.1) is 0 Å². The van der Waals surface area contributed by atoms with Gasteiger partial charge in [0.1, 0.15) is 35.2 Å². The minimum absolute atomic E-state index is 0.184. The molecule has 0 bridgehead atoms. The lowest BCUT2D eigenvalue weighted by Gasteiger charge is -2.46. The molecule has 2 N–H and O–H groups in total. The van der Waals surface area contributed by atoms with E-state index in [4.69, 9.17) is 24.4 Å². The van der Waals surface area contributed by atoms with Gasteiger partial charge >= 0.3 is 12.2 Å². The van der Waals surface area contributed by atoms with Gasteiger partial charge in [-0.3, -0.25) is 14.8 Å². The van der Waals surface area contributed by atoms with Gasteiger partial charge in [0.15, 0.2) is 5.82 Å². The topological polar surface area (TPSA) is 164 Å². The van der Waals surface area contributed by atoms with Gasteiger partial charge in [-0.1, -0.05) is 52.5 Å². The van der Waals surface area contributed by atoms with Crippen LogP contribution in [0.25, 0.3) is 44.8 Å². The van der Waals surface area contributed by atoms with Crippen LogP contribution < -0.4 is 0 Å². The summed E-state index contributed by atoms with van der Waals surface area (Å²) in [6, 6.07) is 9.03. The molecule has 0 spiro atoms. The third-order valence-corrected chi connectivity index (χ3v) is 13.0. The Labute approximate surface area is 341 Å². The molecule has 0 aliphatic carbocycles. The normalized spacial score (nSPS) is 19.0. The lowest BCUT2D eigenvalue weighted by atomic mass is 9.71. The van der Waals surface area contributed by atoms with Crippen molar-refractivity contribution in [3.63, 3.8) is 0 Å². The Hall–Kier alpha value is -5.15. The summed E-state index contributed by atoms with van der Waals surface area (Å²) in [7, 11) is -1.33. The lowest BCUT2D eigenvalue weighted by molar-refractivity contribution is 0.00957. The van der Waals surface area contributed by atoms with Crippen LogP contribution in [-0.2, 0) is 21.7 Å². The molecule has 14 nitrogen and oxygen atoms in total. The number of fused-ring (bicyclic) bond motifs is 1. The third-order valence-electron chi connectivity index (χ3n) is 11.3. The van der Waals surface area contributed by atoms with Crippen molar-refractivity contribution in [3.8, 4) is 34.0 Å². The highest BCUT2D eigenvalue weighted by molar-refractivity contribution is 6.76. The number of amides is 2. The summed E-state index contributed by atoms with van der Waals surface area (Å²) in [5.74, 6) is 1.91. The van der Waals surface area contributed by atoms with Crippen molar-refractivity contribution in [2.45, 2.75) is 117 Å². The summed E-state index contributed by atoms with van der Waals surface area (Å²) in [5.41, 5.74) is 2.06. The summed E-state index contributed by atoms with van der Waals surface area (Å²) < 4.78 is 14.1. The zero-order chi connectivity index (χ0) is 41.6. The number of carboxylic acid groups (broad SMARTS) is 1. The second-order valence-corrected chi connectivity index (χ2v) is 24.4. The molecular weight excluding hydrogens is 751 g/mol. The minimum atomic E-state index is -1.33. The molecule has 4 aromatic heterocycles. The average molecular weight is 808 g/mol. The highest BCUT2D eigenvalue weighted by atomic mass is 28.3. The van der Waals surface area contributed by atoms with Crippen molar-refractivity contribution in [1.82, 2.24) is 44.3 Å². The number of hydrogen-bond donors (Lipinski definition) is 2. The van der Waals surface area contributed by atoms with Gasteiger partial charge in [0.25, 0.3) is 0 Å². The van der Waals surface area contributed by atoms with Crippen molar-refractivity contribution < 1.29 is 24.2 Å². The van der Waals surface area contributed by atoms with Crippen molar-refractivity contribution in [3.05, 3.63) is 66.9 Å². The summed E-state index contributed by atoms with van der Waals surface area (Å²) in [4.78, 5) is 56.0. The number of nitrogens with one attached hydrogen (secondary N) is 1. The van der Waals surface area contributed by atoms with Gasteiger partial charge in [0.2, 0.25) is 0 Å². The van der Waals surface area contributed by atoms with Crippen molar-refractivity contribution >= 4 is 31.0 Å². The number of likely N-dealkylation sites (tertiary alicyclic amines) is 2. The molecule has 58 heavy (non-hydrogen) atoms. The number of aromatic amines is 1. The molecule has 0 radical (unpaired) electrons. The monoisotopic (exact) mass is 807 g/mol. The van der Waals surface area contributed by atoms with E-state index >= 15 is 0 Å². The van der Waals surface area contributed by atoms with E-state index in [1.54, 1.807) is 22.2 Å². The Morgan fingerprint density at radius 2 is 1.67 bits per heavy atom. The Bertz CT molecular complexity index is 2290. The number of hydrogen-bond acceptors (Lipinski definition) is 9. The van der Waals surface area contributed by atoms with Gasteiger partial charge in [-0.05, 0) is 75.4 Å². The van der Waals surface area contributed by atoms with E-state index in [9.17, 15) is 14.7 Å². The standard InChI is InChI=1S/C43H57N9O5Si/c1-41(2,3)43(15-11-17-52(43)39(53)54)38-48-26-35(51(38)27-56-18-19-58(7,8)9)29-14-13-28-21-32(44-22-30(28)20-29)36-45-23-31(24-46-36)33-25-47-37(49-33)34-12-10-16-50(34)40(55)57-42(4,5)6/h13-14,20-26,34H,10-12,15-19,27H2,1-9H3,(H,47,49)(H,53,54)/t34-,43+/m0/s1. The Morgan fingerprint density at radius 1 is 0.914 bits per heavy atom. The molecule has 0 saturated carbocycles. The van der Waals surface area contributed by atoms with E-state index in [1.807, 2.05) is 45.4 Å². The molecule has 2 aliphatic rings. The number of carbonyl (C=O) groups is 2. The fourth-order valence-electron chi connectivity index (χ4n) is 8.29. The van der Waals surface area contributed by atoms with E-state index < -0.39 is 30.7 Å². The van der Waals surface area contributed by atoms with Crippen LogP contribution in [0.3, 0.4) is 0 Å². The zero-order valence-corrected chi connectivity index (χ0v) is 36.3. The maximum absolute atomic E-state index is 12.9. The maximum Gasteiger partial charge on any atom is 0.410 e. The summed E-state index contributed by atoms with van der Waals surface area (Å²) in [6.07, 6.45) is 10.8. The molecule has 15 heteroatoms. The fourth-order valence-corrected chi connectivity index (χ4v) is 9.04. The average Bonchev–Trinajstić information content (AvgIpc) is 3.97. The van der Waals surface area contributed by atoms with Crippen LogP contribution in [0, 0.1) is 5.41 Å². The number of benzene rings is 1. The molecule has 2 amide bonds. The lowest BCUT2D eigenvalue weighted by Crippen LogP contribution is -2.54. The minimum Gasteiger partial charge on any atom is -0.465 e. The van der Waals surface area contributed by atoms with Gasteiger partial charge in [-0.25, -0.2) is 29.5 Å². The second kappa shape index (κ2) is 15.5. The molecule has 5 aromatic rings. The molecule has 2 fully saturated rings. The zero-order valence-electron chi connectivity index (χ0n) is 35.3. The number of nitrogens with zero attached hydrogens (tertiary/aromatic N) is 8. The van der Waals surface area contributed by atoms with Crippen LogP contribution in [0.5, 0.6) is 0 Å². The van der Waals surface area contributed by atoms with Crippen LogP contribution in [-0.4, -0.2) is 94.9 Å². The van der Waals surface area contributed by atoms with Crippen molar-refractivity contribution in [2.75, 3.05) is 19.7 Å². The van der Waals surface area contributed by atoms with Gasteiger partial charge in [0.05, 0.1) is 23.6 Å². The van der Waals surface area contributed by atoms with Crippen molar-refractivity contribution in [1.29, 1.82) is 0 Å². The SMILES string of the molecule is CC(C)(C)OC(=O)N1CCC[C@H]1c1nc(-c2cnc(-c3cc4ccc(-c5cnc([C@@]6(C(C)(C)C)CCCN6C(=O)O)n5COCC[Si](C)(C)C)cc4cn3)nc2)c[nH]1. The molecule has 2 aliphatic heterocycles. The molecule has 0 unspecified atom stereocenters. The van der Waals surface area contributed by atoms with E-state index in [-0.39, 0.29) is 18.9 Å². The number of carbonyl (C=O) groups excluding carboxylic acids is 1. The van der Waals surface area contributed by atoms with Crippen molar-refractivity contribution in [2.24, 2.45) is 5.41 Å². The van der Waals surface area contributed by atoms with Gasteiger partial charge in [-0.2, -0.15) is 0 Å². The molecule has 2 atom stereocenters. The summed E-state index contributed by atoms with van der Waals surface area (Å²) in [6.45, 7) is 20.9. The number of aromatic nitrogens is 7. The largest absolute Gasteiger partial charge is 0.465 e. The van der Waals surface area contributed by atoms with E-state index in [0.29, 0.717) is 55.0 Å². The van der Waals surface area contributed by atoms with Crippen LogP contribution in [0.4, 0.5) is 9.59 Å². The first-order chi connectivity index (χ1) is 27.3. The first kappa shape index (κ1) is 41.0. The first-order valence-corrected chi connectivity index (χ1v) is 24.0. The van der Waals surface area contributed by atoms with Crippen LogP contribution >= 0.6 is 0 Å². The number of rotatable bonds is 10. The highest BCUT2D eigenvalue weighted by Crippen LogP contribution is 2.51. The third kappa shape index (κ3) is 8.24. The number of H-pyrrole nitrogens is 1. The van der Waals surface area contributed by atoms with Crippen LogP contribution in [0.15, 0.2) is 55.2 Å². The summed E-state index contributed by atoms with van der Waals surface area (Å²) in [5, 5.41) is 12.3. The van der Waals surface area contributed by atoms with E-state index in [1.165, 1.54) is 0 Å². The molecule has 6 heterocycles. The van der Waals surface area contributed by atoms with E-state index in [2.05, 4.69) is 78.1 Å². The summed E-state index contributed by atoms with van der Waals surface area (Å²) >= 11 is 0. The van der Waals surface area contributed by atoms with E-state index in [0.717, 1.165) is 52.9 Å². The van der Waals surface area contributed by atoms with Gasteiger partial charge in [0, 0.05) is 69.1 Å². The quantitative estimate of drug-likeness (QED) is 0.103. The number of ether oxygens (including phenoxy) is 2.